The van der Waals surface area contributed by atoms with Crippen LogP contribution in [0.4, 0.5) is 0 Å². The number of aromatic amines is 1. The van der Waals surface area contributed by atoms with Crippen molar-refractivity contribution in [1.82, 2.24) is 9.97 Å². The molecular weight excluding hydrogens is 294 g/mol. The molecule has 0 fully saturated rings. The molecule has 0 aliphatic rings. The summed E-state index contributed by atoms with van der Waals surface area (Å²) in [6, 6.07) is 25.1. The van der Waals surface area contributed by atoms with E-state index in [1.165, 1.54) is 22.3 Å². The normalized spacial score (nSPS) is 12.4. The highest BCUT2D eigenvalue weighted by molar-refractivity contribution is 5.93. The standard InChI is InChI=1S/C21H19N3/c1-14(22)21-23-19-12-17(15-8-4-2-5-9-15)18(13-20(19)24-21)16-10-6-3-7-11-16/h2-14H,22H2,1H3,(H,23,24)/t14-/m0/s1. The number of rotatable bonds is 3. The van der Waals surface area contributed by atoms with Crippen molar-refractivity contribution < 1.29 is 0 Å². The highest BCUT2D eigenvalue weighted by Gasteiger charge is 2.13. The van der Waals surface area contributed by atoms with E-state index < -0.39 is 0 Å². The average Bonchev–Trinajstić information content (AvgIpc) is 3.05. The van der Waals surface area contributed by atoms with Crippen LogP contribution >= 0.6 is 0 Å². The number of H-pyrrole nitrogens is 1. The van der Waals surface area contributed by atoms with Gasteiger partial charge in [-0.05, 0) is 41.3 Å². The second-order valence-electron chi connectivity index (χ2n) is 6.06. The molecule has 0 aliphatic carbocycles. The van der Waals surface area contributed by atoms with E-state index in [-0.39, 0.29) is 6.04 Å². The van der Waals surface area contributed by atoms with Crippen LogP contribution in [0.25, 0.3) is 33.3 Å². The molecular formula is C21H19N3. The summed E-state index contributed by atoms with van der Waals surface area (Å²) in [5.74, 6) is 0.814. The molecule has 3 heteroatoms. The fourth-order valence-electron chi connectivity index (χ4n) is 3.01. The zero-order valence-electron chi connectivity index (χ0n) is 13.5. The first kappa shape index (κ1) is 14.7. The van der Waals surface area contributed by atoms with Crippen LogP contribution in [0.3, 0.4) is 0 Å². The fourth-order valence-corrected chi connectivity index (χ4v) is 3.01. The van der Waals surface area contributed by atoms with Crippen LogP contribution < -0.4 is 5.73 Å². The van der Waals surface area contributed by atoms with Crippen LogP contribution in [0.5, 0.6) is 0 Å². The van der Waals surface area contributed by atoms with Gasteiger partial charge >= 0.3 is 0 Å². The van der Waals surface area contributed by atoms with E-state index >= 15 is 0 Å². The average molecular weight is 313 g/mol. The Morgan fingerprint density at radius 2 is 1.38 bits per heavy atom. The van der Waals surface area contributed by atoms with Crippen LogP contribution in [-0.2, 0) is 0 Å². The van der Waals surface area contributed by atoms with Gasteiger partial charge in [0.2, 0.25) is 0 Å². The van der Waals surface area contributed by atoms with Crippen LogP contribution in [-0.4, -0.2) is 9.97 Å². The lowest BCUT2D eigenvalue weighted by Gasteiger charge is -2.10. The van der Waals surface area contributed by atoms with Gasteiger partial charge in [0, 0.05) is 0 Å². The number of hydrogen-bond donors (Lipinski definition) is 2. The third-order valence-electron chi connectivity index (χ3n) is 4.24. The maximum atomic E-state index is 5.98. The van der Waals surface area contributed by atoms with Crippen LogP contribution in [0.15, 0.2) is 72.8 Å². The minimum atomic E-state index is -0.113. The van der Waals surface area contributed by atoms with Crippen molar-refractivity contribution >= 4 is 11.0 Å². The maximum Gasteiger partial charge on any atom is 0.123 e. The molecule has 1 aromatic heterocycles. The molecule has 0 saturated heterocycles. The summed E-state index contributed by atoms with van der Waals surface area (Å²) in [6.07, 6.45) is 0. The van der Waals surface area contributed by atoms with Gasteiger partial charge in [-0.3, -0.25) is 0 Å². The van der Waals surface area contributed by atoms with E-state index in [0.717, 1.165) is 16.9 Å². The van der Waals surface area contributed by atoms with E-state index in [1.54, 1.807) is 0 Å². The summed E-state index contributed by atoms with van der Waals surface area (Å²) in [7, 11) is 0. The molecule has 3 aromatic carbocycles. The summed E-state index contributed by atoms with van der Waals surface area (Å²) < 4.78 is 0. The van der Waals surface area contributed by atoms with Crippen molar-refractivity contribution in [3.05, 3.63) is 78.6 Å². The van der Waals surface area contributed by atoms with Gasteiger partial charge in [0.1, 0.15) is 5.82 Å². The summed E-state index contributed by atoms with van der Waals surface area (Å²) in [6.45, 7) is 1.94. The molecule has 1 heterocycles. The minimum absolute atomic E-state index is 0.113. The molecule has 0 saturated carbocycles. The van der Waals surface area contributed by atoms with Gasteiger partial charge in [-0.2, -0.15) is 0 Å². The molecule has 3 nitrogen and oxygen atoms in total. The van der Waals surface area contributed by atoms with Gasteiger partial charge in [-0.15, -0.1) is 0 Å². The lowest BCUT2D eigenvalue weighted by atomic mass is 9.94. The molecule has 1 atom stereocenters. The Balaban J connectivity index is 2.00. The number of benzene rings is 3. The van der Waals surface area contributed by atoms with Gasteiger partial charge in [0.25, 0.3) is 0 Å². The zero-order valence-corrected chi connectivity index (χ0v) is 13.5. The van der Waals surface area contributed by atoms with E-state index in [1.807, 2.05) is 19.1 Å². The molecule has 0 amide bonds. The van der Waals surface area contributed by atoms with Crippen molar-refractivity contribution in [3.63, 3.8) is 0 Å². The number of hydrogen-bond acceptors (Lipinski definition) is 2. The van der Waals surface area contributed by atoms with E-state index in [2.05, 4.69) is 70.6 Å². The van der Waals surface area contributed by atoms with Crippen molar-refractivity contribution in [2.45, 2.75) is 13.0 Å². The van der Waals surface area contributed by atoms with Gasteiger partial charge in [-0.1, -0.05) is 60.7 Å². The molecule has 0 radical (unpaired) electrons. The van der Waals surface area contributed by atoms with Gasteiger partial charge in [0.15, 0.2) is 0 Å². The largest absolute Gasteiger partial charge is 0.341 e. The Bertz CT molecular complexity index is 894. The molecule has 0 unspecified atom stereocenters. The Hall–Kier alpha value is -2.91. The molecule has 3 N–H and O–H groups in total. The quantitative estimate of drug-likeness (QED) is 0.564. The second-order valence-corrected chi connectivity index (χ2v) is 6.06. The third-order valence-corrected chi connectivity index (χ3v) is 4.24. The first-order valence-electron chi connectivity index (χ1n) is 8.12. The fraction of sp³-hybridized carbons (Fsp3) is 0.0952. The number of aromatic nitrogens is 2. The predicted molar refractivity (Wildman–Crippen MR) is 99.6 cm³/mol. The zero-order chi connectivity index (χ0) is 16.5. The summed E-state index contributed by atoms with van der Waals surface area (Å²) in [5.41, 5.74) is 12.7. The Morgan fingerprint density at radius 1 is 0.833 bits per heavy atom. The molecule has 0 spiro atoms. The molecule has 0 bridgehead atoms. The van der Waals surface area contributed by atoms with Crippen molar-refractivity contribution in [2.75, 3.05) is 0 Å². The van der Waals surface area contributed by atoms with Gasteiger partial charge in [-0.25, -0.2) is 4.98 Å². The molecule has 118 valence electrons. The van der Waals surface area contributed by atoms with Crippen molar-refractivity contribution in [3.8, 4) is 22.3 Å². The predicted octanol–water partition coefficient (Wildman–Crippen LogP) is 4.92. The summed E-state index contributed by atoms with van der Waals surface area (Å²) in [4.78, 5) is 8.00. The monoisotopic (exact) mass is 313 g/mol. The number of nitrogens with zero attached hydrogens (tertiary/aromatic N) is 1. The number of imidazole rings is 1. The maximum absolute atomic E-state index is 5.98. The Labute approximate surface area is 141 Å². The number of fused-ring (bicyclic) bond motifs is 1. The molecule has 4 rings (SSSR count). The van der Waals surface area contributed by atoms with E-state index in [4.69, 9.17) is 5.73 Å². The van der Waals surface area contributed by atoms with Gasteiger partial charge in [0.05, 0.1) is 17.1 Å². The molecule has 4 aromatic rings. The molecule has 24 heavy (non-hydrogen) atoms. The smallest absolute Gasteiger partial charge is 0.123 e. The van der Waals surface area contributed by atoms with E-state index in [0.29, 0.717) is 0 Å². The van der Waals surface area contributed by atoms with Crippen molar-refractivity contribution in [2.24, 2.45) is 5.73 Å². The topological polar surface area (TPSA) is 54.7 Å². The highest BCUT2D eigenvalue weighted by Crippen LogP contribution is 2.35. The van der Waals surface area contributed by atoms with Crippen LogP contribution in [0, 0.1) is 0 Å². The summed E-state index contributed by atoms with van der Waals surface area (Å²) >= 11 is 0. The van der Waals surface area contributed by atoms with Crippen molar-refractivity contribution in [1.29, 1.82) is 0 Å². The first-order chi connectivity index (χ1) is 11.7. The summed E-state index contributed by atoms with van der Waals surface area (Å²) in [5, 5.41) is 0. The van der Waals surface area contributed by atoms with Crippen LogP contribution in [0.1, 0.15) is 18.8 Å². The Morgan fingerprint density at radius 3 is 1.92 bits per heavy atom. The second kappa shape index (κ2) is 5.95. The number of nitrogens with one attached hydrogen (secondary N) is 1. The number of nitrogens with two attached hydrogens (primary N) is 1. The van der Waals surface area contributed by atoms with E-state index in [9.17, 15) is 0 Å². The first-order valence-corrected chi connectivity index (χ1v) is 8.12. The third kappa shape index (κ3) is 2.59. The molecule has 0 aliphatic heterocycles. The lowest BCUT2D eigenvalue weighted by molar-refractivity contribution is 0.760. The van der Waals surface area contributed by atoms with Gasteiger partial charge < -0.3 is 10.7 Å². The lowest BCUT2D eigenvalue weighted by Crippen LogP contribution is -2.06. The van der Waals surface area contributed by atoms with Crippen LogP contribution in [0.2, 0.25) is 0 Å². The SMILES string of the molecule is C[C@H](N)c1nc2cc(-c3ccccc3)c(-c3ccccc3)cc2[nH]1. The minimum Gasteiger partial charge on any atom is -0.341 e. The Kier molecular flexibility index (Phi) is 3.63. The highest BCUT2D eigenvalue weighted by atomic mass is 15.0.